The Labute approximate surface area is 106 Å². The second kappa shape index (κ2) is 5.15. The summed E-state index contributed by atoms with van der Waals surface area (Å²) >= 11 is 6.03. The first kappa shape index (κ1) is 11.9. The van der Waals surface area contributed by atoms with Crippen molar-refractivity contribution in [1.82, 2.24) is 9.97 Å². The second-order valence-corrected chi connectivity index (χ2v) is 4.33. The van der Waals surface area contributed by atoms with Crippen LogP contribution in [0.4, 0.5) is 5.69 Å². The highest BCUT2D eigenvalue weighted by atomic mass is 35.5. The van der Waals surface area contributed by atoms with Gasteiger partial charge in [-0.05, 0) is 37.6 Å². The van der Waals surface area contributed by atoms with Crippen LogP contribution in [0.15, 0.2) is 36.7 Å². The monoisotopic (exact) mass is 247 g/mol. The normalized spacial score (nSPS) is 12.2. The Hall–Kier alpha value is -1.61. The number of anilines is 1. The summed E-state index contributed by atoms with van der Waals surface area (Å²) in [4.78, 5) is 8.41. The largest absolute Gasteiger partial charge is 0.374 e. The standard InChI is InChI=1S/C13H14ClN3/c1-9-7-12(13(14)16-8-9)17-10(2)11-5-3-4-6-15-11/h3-8,10,17H,1-2H3. The summed E-state index contributed by atoms with van der Waals surface area (Å²) in [7, 11) is 0. The summed E-state index contributed by atoms with van der Waals surface area (Å²) in [6, 6.07) is 7.93. The molecule has 2 rings (SSSR count). The van der Waals surface area contributed by atoms with E-state index in [2.05, 4.69) is 15.3 Å². The predicted octanol–water partition coefficient (Wildman–Crippen LogP) is 3.61. The lowest BCUT2D eigenvalue weighted by Gasteiger charge is -2.15. The number of nitrogens with one attached hydrogen (secondary N) is 1. The summed E-state index contributed by atoms with van der Waals surface area (Å²) in [6.07, 6.45) is 3.53. The molecule has 0 spiro atoms. The topological polar surface area (TPSA) is 37.8 Å². The Morgan fingerprint density at radius 3 is 2.82 bits per heavy atom. The third kappa shape index (κ3) is 2.94. The highest BCUT2D eigenvalue weighted by Gasteiger charge is 2.09. The van der Waals surface area contributed by atoms with Crippen LogP contribution in [0.25, 0.3) is 0 Å². The van der Waals surface area contributed by atoms with Crippen molar-refractivity contribution in [3.05, 3.63) is 53.1 Å². The first-order chi connectivity index (χ1) is 8.16. The van der Waals surface area contributed by atoms with Gasteiger partial charge in [0, 0.05) is 12.4 Å². The minimum Gasteiger partial charge on any atom is -0.374 e. The van der Waals surface area contributed by atoms with Gasteiger partial charge in [-0.2, -0.15) is 0 Å². The maximum Gasteiger partial charge on any atom is 0.152 e. The van der Waals surface area contributed by atoms with E-state index in [1.807, 2.05) is 38.1 Å². The molecule has 0 aliphatic carbocycles. The van der Waals surface area contributed by atoms with Gasteiger partial charge < -0.3 is 5.32 Å². The van der Waals surface area contributed by atoms with E-state index in [1.165, 1.54) is 0 Å². The number of hydrogen-bond acceptors (Lipinski definition) is 3. The van der Waals surface area contributed by atoms with Crippen LogP contribution >= 0.6 is 11.6 Å². The van der Waals surface area contributed by atoms with Gasteiger partial charge in [0.1, 0.15) is 0 Å². The first-order valence-corrected chi connectivity index (χ1v) is 5.84. The zero-order valence-corrected chi connectivity index (χ0v) is 10.6. The van der Waals surface area contributed by atoms with E-state index in [9.17, 15) is 0 Å². The van der Waals surface area contributed by atoms with E-state index < -0.39 is 0 Å². The fraction of sp³-hybridized carbons (Fsp3) is 0.231. The van der Waals surface area contributed by atoms with E-state index in [-0.39, 0.29) is 6.04 Å². The van der Waals surface area contributed by atoms with Crippen LogP contribution in [0, 0.1) is 6.92 Å². The highest BCUT2D eigenvalue weighted by Crippen LogP contribution is 2.24. The third-order valence-corrected chi connectivity index (χ3v) is 2.78. The number of hydrogen-bond donors (Lipinski definition) is 1. The molecule has 2 aromatic heterocycles. The SMILES string of the molecule is Cc1cnc(Cl)c(NC(C)c2ccccn2)c1. The molecule has 1 atom stereocenters. The van der Waals surface area contributed by atoms with Gasteiger partial charge in [-0.3, -0.25) is 4.98 Å². The summed E-state index contributed by atoms with van der Waals surface area (Å²) in [5.41, 5.74) is 2.89. The molecule has 0 aliphatic rings. The van der Waals surface area contributed by atoms with Gasteiger partial charge in [-0.25, -0.2) is 4.98 Å². The molecular formula is C13H14ClN3. The van der Waals surface area contributed by atoms with Crippen LogP contribution in [-0.2, 0) is 0 Å². The lowest BCUT2D eigenvalue weighted by molar-refractivity contribution is 0.838. The molecule has 0 radical (unpaired) electrons. The van der Waals surface area contributed by atoms with Gasteiger partial charge >= 0.3 is 0 Å². The fourth-order valence-electron chi connectivity index (χ4n) is 1.59. The van der Waals surface area contributed by atoms with Crippen LogP contribution in [0.2, 0.25) is 5.15 Å². The lowest BCUT2D eigenvalue weighted by atomic mass is 10.2. The molecule has 0 bridgehead atoms. The Bertz CT molecular complexity index is 499. The number of aromatic nitrogens is 2. The van der Waals surface area contributed by atoms with Gasteiger partial charge in [-0.1, -0.05) is 17.7 Å². The lowest BCUT2D eigenvalue weighted by Crippen LogP contribution is -2.09. The van der Waals surface area contributed by atoms with Gasteiger partial charge in [0.15, 0.2) is 5.15 Å². The van der Waals surface area contributed by atoms with Crippen LogP contribution in [-0.4, -0.2) is 9.97 Å². The van der Waals surface area contributed by atoms with Crippen LogP contribution in [0.1, 0.15) is 24.2 Å². The average Bonchev–Trinajstić information content (AvgIpc) is 2.35. The van der Waals surface area contributed by atoms with Crippen molar-refractivity contribution in [3.8, 4) is 0 Å². The molecule has 1 N–H and O–H groups in total. The molecule has 17 heavy (non-hydrogen) atoms. The van der Waals surface area contributed by atoms with Crippen molar-refractivity contribution < 1.29 is 0 Å². The number of halogens is 1. The van der Waals surface area contributed by atoms with E-state index in [4.69, 9.17) is 11.6 Å². The van der Waals surface area contributed by atoms with Crippen molar-refractivity contribution in [2.75, 3.05) is 5.32 Å². The van der Waals surface area contributed by atoms with Gasteiger partial charge in [-0.15, -0.1) is 0 Å². The van der Waals surface area contributed by atoms with Crippen molar-refractivity contribution in [2.24, 2.45) is 0 Å². The molecule has 0 aliphatic heterocycles. The molecule has 2 aromatic rings. The first-order valence-electron chi connectivity index (χ1n) is 5.46. The van der Waals surface area contributed by atoms with Crippen LogP contribution < -0.4 is 5.32 Å². The second-order valence-electron chi connectivity index (χ2n) is 3.97. The molecule has 1 unspecified atom stereocenters. The number of nitrogens with zero attached hydrogens (tertiary/aromatic N) is 2. The summed E-state index contributed by atoms with van der Waals surface area (Å²) in [5.74, 6) is 0. The predicted molar refractivity (Wildman–Crippen MR) is 70.3 cm³/mol. The average molecular weight is 248 g/mol. The maximum absolute atomic E-state index is 6.03. The molecule has 3 nitrogen and oxygen atoms in total. The third-order valence-electron chi connectivity index (χ3n) is 2.48. The van der Waals surface area contributed by atoms with Gasteiger partial charge in [0.25, 0.3) is 0 Å². The molecule has 4 heteroatoms. The quantitative estimate of drug-likeness (QED) is 0.842. The van der Waals surface area contributed by atoms with Crippen molar-refractivity contribution in [1.29, 1.82) is 0 Å². The summed E-state index contributed by atoms with van der Waals surface area (Å²) < 4.78 is 0. The summed E-state index contributed by atoms with van der Waals surface area (Å²) in [6.45, 7) is 4.03. The zero-order chi connectivity index (χ0) is 12.3. The fourth-order valence-corrected chi connectivity index (χ4v) is 1.75. The Balaban J connectivity index is 2.18. The minimum absolute atomic E-state index is 0.0947. The molecule has 2 heterocycles. The molecule has 0 saturated heterocycles. The summed E-state index contributed by atoms with van der Waals surface area (Å²) in [5, 5.41) is 3.79. The molecule has 0 fully saturated rings. The van der Waals surface area contributed by atoms with Crippen molar-refractivity contribution in [3.63, 3.8) is 0 Å². The molecule has 88 valence electrons. The van der Waals surface area contributed by atoms with Gasteiger partial charge in [0.2, 0.25) is 0 Å². The Morgan fingerprint density at radius 2 is 2.12 bits per heavy atom. The zero-order valence-electron chi connectivity index (χ0n) is 9.81. The van der Waals surface area contributed by atoms with E-state index in [1.54, 1.807) is 12.4 Å². The molecule has 0 aromatic carbocycles. The number of aryl methyl sites for hydroxylation is 1. The van der Waals surface area contributed by atoms with Crippen LogP contribution in [0.5, 0.6) is 0 Å². The maximum atomic E-state index is 6.03. The van der Waals surface area contributed by atoms with E-state index in [0.29, 0.717) is 5.15 Å². The van der Waals surface area contributed by atoms with E-state index >= 15 is 0 Å². The Kier molecular flexibility index (Phi) is 3.59. The van der Waals surface area contributed by atoms with E-state index in [0.717, 1.165) is 16.9 Å². The highest BCUT2D eigenvalue weighted by molar-refractivity contribution is 6.31. The molecular weight excluding hydrogens is 234 g/mol. The molecule has 0 amide bonds. The van der Waals surface area contributed by atoms with Crippen molar-refractivity contribution in [2.45, 2.75) is 19.9 Å². The Morgan fingerprint density at radius 1 is 1.29 bits per heavy atom. The van der Waals surface area contributed by atoms with Gasteiger partial charge in [0.05, 0.1) is 17.4 Å². The number of rotatable bonds is 3. The van der Waals surface area contributed by atoms with Crippen LogP contribution in [0.3, 0.4) is 0 Å². The minimum atomic E-state index is 0.0947. The van der Waals surface area contributed by atoms with Crippen molar-refractivity contribution >= 4 is 17.3 Å². The number of pyridine rings is 2. The smallest absolute Gasteiger partial charge is 0.152 e. The molecule has 0 saturated carbocycles.